The summed E-state index contributed by atoms with van der Waals surface area (Å²) in [4.78, 5) is 0. The van der Waals surface area contributed by atoms with Crippen LogP contribution in [0.3, 0.4) is 0 Å². The fourth-order valence-electron chi connectivity index (χ4n) is 2.43. The van der Waals surface area contributed by atoms with Crippen LogP contribution in [0.4, 0.5) is 0 Å². The number of benzene rings is 1. The van der Waals surface area contributed by atoms with Gasteiger partial charge in [0.2, 0.25) is 0 Å². The molecule has 1 aliphatic rings. The summed E-state index contributed by atoms with van der Waals surface area (Å²) < 4.78 is 0. The summed E-state index contributed by atoms with van der Waals surface area (Å²) in [5, 5.41) is 3.18. The van der Waals surface area contributed by atoms with Crippen molar-refractivity contribution in [2.45, 2.75) is 40.0 Å². The van der Waals surface area contributed by atoms with E-state index in [1.807, 2.05) is 0 Å². The van der Waals surface area contributed by atoms with Crippen molar-refractivity contribution in [2.24, 2.45) is 0 Å². The van der Waals surface area contributed by atoms with Crippen molar-refractivity contribution < 1.29 is 0 Å². The average Bonchev–Trinajstić information content (AvgIpc) is 2.74. The lowest BCUT2D eigenvalue weighted by Crippen LogP contribution is -2.22. The zero-order valence-electron chi connectivity index (χ0n) is 11.0. The van der Waals surface area contributed by atoms with Crippen LogP contribution in [0.5, 0.6) is 0 Å². The Morgan fingerprint density at radius 2 is 2.00 bits per heavy atom. The summed E-state index contributed by atoms with van der Waals surface area (Å²) in [6, 6.07) is 6.81. The highest BCUT2D eigenvalue weighted by molar-refractivity contribution is 6.62. The van der Waals surface area contributed by atoms with Crippen molar-refractivity contribution in [1.82, 2.24) is 0 Å². The molecule has 0 aromatic heterocycles. The zero-order chi connectivity index (χ0) is 12.3. The van der Waals surface area contributed by atoms with Gasteiger partial charge in [-0.2, -0.15) is 0 Å². The number of rotatable bonds is 4. The van der Waals surface area contributed by atoms with Gasteiger partial charge < -0.3 is 0 Å². The number of hydrogen-bond acceptors (Lipinski definition) is 0. The maximum absolute atomic E-state index is 2.31. The van der Waals surface area contributed by atoms with Crippen molar-refractivity contribution >= 4 is 14.7 Å². The molecule has 0 aliphatic heterocycles. The molecule has 1 aliphatic carbocycles. The van der Waals surface area contributed by atoms with Gasteiger partial charge in [-0.15, -0.1) is 0 Å². The van der Waals surface area contributed by atoms with Gasteiger partial charge in [0.1, 0.15) is 9.52 Å². The van der Waals surface area contributed by atoms with E-state index in [0.29, 0.717) is 0 Å². The minimum atomic E-state index is 0.861. The standard InChI is InChI=1S/C16H20Si/c1-4-13-9-7-11-16(14(13)5-2)17-15-10-6-8-12(15)3/h6-9,11H,4-5,10H2,1-3H3. The van der Waals surface area contributed by atoms with Gasteiger partial charge >= 0.3 is 0 Å². The second-order valence-electron chi connectivity index (χ2n) is 4.54. The molecule has 0 nitrogen and oxygen atoms in total. The summed E-state index contributed by atoms with van der Waals surface area (Å²) in [5.41, 5.74) is 4.59. The lowest BCUT2D eigenvalue weighted by Gasteiger charge is -2.13. The summed E-state index contributed by atoms with van der Waals surface area (Å²) in [6.07, 6.45) is 8.01. The summed E-state index contributed by atoms with van der Waals surface area (Å²) in [7, 11) is 0.861. The third kappa shape index (κ3) is 2.60. The molecule has 0 spiro atoms. The molecule has 1 aromatic carbocycles. The summed E-state index contributed by atoms with van der Waals surface area (Å²) in [6.45, 7) is 6.76. The van der Waals surface area contributed by atoms with Gasteiger partial charge in [-0.3, -0.25) is 0 Å². The Morgan fingerprint density at radius 3 is 2.59 bits per heavy atom. The molecule has 1 aromatic rings. The van der Waals surface area contributed by atoms with Crippen LogP contribution in [-0.4, -0.2) is 9.52 Å². The van der Waals surface area contributed by atoms with E-state index in [1.165, 1.54) is 11.1 Å². The van der Waals surface area contributed by atoms with E-state index in [9.17, 15) is 0 Å². The summed E-state index contributed by atoms with van der Waals surface area (Å²) in [5.74, 6) is 0. The fourth-order valence-corrected chi connectivity index (χ4v) is 3.92. The molecule has 1 heteroatoms. The Kier molecular flexibility index (Phi) is 4.00. The first kappa shape index (κ1) is 12.4. The fraction of sp³-hybridized carbons (Fsp3) is 0.375. The van der Waals surface area contributed by atoms with Gasteiger partial charge in [-0.05, 0) is 37.3 Å². The van der Waals surface area contributed by atoms with E-state index in [0.717, 1.165) is 28.8 Å². The highest BCUT2D eigenvalue weighted by Gasteiger charge is 2.11. The van der Waals surface area contributed by atoms with Crippen molar-refractivity contribution in [1.29, 1.82) is 0 Å². The smallest absolute Gasteiger partial charge is 0.0806 e. The molecule has 0 heterocycles. The number of allylic oxidation sites excluding steroid dienone is 4. The van der Waals surface area contributed by atoms with Crippen LogP contribution in [0.1, 0.15) is 38.3 Å². The lowest BCUT2D eigenvalue weighted by molar-refractivity contribution is 1.05. The van der Waals surface area contributed by atoms with Crippen LogP contribution >= 0.6 is 0 Å². The predicted molar refractivity (Wildman–Crippen MR) is 77.0 cm³/mol. The first-order chi connectivity index (χ1) is 8.26. The maximum atomic E-state index is 2.31. The monoisotopic (exact) mass is 240 g/mol. The Morgan fingerprint density at radius 1 is 1.18 bits per heavy atom. The molecule has 0 amide bonds. The molecule has 0 N–H and O–H groups in total. The number of aryl methyl sites for hydroxylation is 1. The molecule has 88 valence electrons. The highest BCUT2D eigenvalue weighted by atomic mass is 28.2. The van der Waals surface area contributed by atoms with Crippen molar-refractivity contribution in [3.05, 3.63) is 52.2 Å². The van der Waals surface area contributed by atoms with Gasteiger partial charge in [-0.25, -0.2) is 0 Å². The van der Waals surface area contributed by atoms with Crippen molar-refractivity contribution in [3.8, 4) is 0 Å². The Bertz CT molecular complexity index is 466. The molecular formula is C16H20Si. The minimum absolute atomic E-state index is 0.861. The van der Waals surface area contributed by atoms with Crippen LogP contribution in [-0.2, 0) is 12.8 Å². The average molecular weight is 240 g/mol. The molecule has 0 atom stereocenters. The molecule has 17 heavy (non-hydrogen) atoms. The lowest BCUT2D eigenvalue weighted by atomic mass is 10.0. The van der Waals surface area contributed by atoms with E-state index in [4.69, 9.17) is 0 Å². The van der Waals surface area contributed by atoms with E-state index in [2.05, 4.69) is 51.1 Å². The second kappa shape index (κ2) is 5.50. The van der Waals surface area contributed by atoms with Crippen molar-refractivity contribution in [2.75, 3.05) is 0 Å². The van der Waals surface area contributed by atoms with E-state index >= 15 is 0 Å². The van der Waals surface area contributed by atoms with Crippen LogP contribution in [0.25, 0.3) is 0 Å². The predicted octanol–water partition coefficient (Wildman–Crippen LogP) is 3.37. The molecule has 2 rings (SSSR count). The van der Waals surface area contributed by atoms with E-state index in [-0.39, 0.29) is 0 Å². The molecule has 0 bridgehead atoms. The molecule has 0 fully saturated rings. The van der Waals surface area contributed by atoms with Crippen LogP contribution in [0, 0.1) is 0 Å². The SMILES string of the molecule is CCc1cccc([Si]C2=C(C)C=CC2)c1CC. The highest BCUT2D eigenvalue weighted by Crippen LogP contribution is 2.18. The first-order valence-corrected chi connectivity index (χ1v) is 7.50. The molecular weight excluding hydrogens is 220 g/mol. The Hall–Kier alpha value is -1.08. The zero-order valence-corrected chi connectivity index (χ0v) is 12.0. The summed E-state index contributed by atoms with van der Waals surface area (Å²) >= 11 is 0. The third-order valence-electron chi connectivity index (χ3n) is 3.46. The molecule has 2 radical (unpaired) electrons. The van der Waals surface area contributed by atoms with Gasteiger partial charge in [0.25, 0.3) is 0 Å². The second-order valence-corrected chi connectivity index (χ2v) is 5.94. The van der Waals surface area contributed by atoms with Gasteiger partial charge in [-0.1, -0.05) is 60.2 Å². The Labute approximate surface area is 107 Å². The quantitative estimate of drug-likeness (QED) is 0.708. The molecule has 0 unspecified atom stereocenters. The topological polar surface area (TPSA) is 0 Å². The van der Waals surface area contributed by atoms with Gasteiger partial charge in [0.05, 0.1) is 0 Å². The third-order valence-corrected chi connectivity index (χ3v) is 5.10. The first-order valence-electron chi connectivity index (χ1n) is 6.50. The molecule has 0 saturated carbocycles. The van der Waals surface area contributed by atoms with Crippen LogP contribution in [0.2, 0.25) is 0 Å². The van der Waals surface area contributed by atoms with Crippen molar-refractivity contribution in [3.63, 3.8) is 0 Å². The Balaban J connectivity index is 2.30. The van der Waals surface area contributed by atoms with Gasteiger partial charge in [0, 0.05) is 0 Å². The molecule has 0 saturated heterocycles. The minimum Gasteiger partial charge on any atom is -0.0806 e. The maximum Gasteiger partial charge on any atom is 0.117 e. The normalized spacial score (nSPS) is 14.8. The van der Waals surface area contributed by atoms with E-state index in [1.54, 1.807) is 15.9 Å². The largest absolute Gasteiger partial charge is 0.117 e. The van der Waals surface area contributed by atoms with Crippen LogP contribution < -0.4 is 5.19 Å². The van der Waals surface area contributed by atoms with Gasteiger partial charge in [0.15, 0.2) is 0 Å². The van der Waals surface area contributed by atoms with Crippen LogP contribution in [0.15, 0.2) is 41.1 Å². The number of hydrogen-bond donors (Lipinski definition) is 0. The van der Waals surface area contributed by atoms with E-state index < -0.39 is 0 Å².